The predicted molar refractivity (Wildman–Crippen MR) is 44.6 cm³/mol. The first-order valence-electron chi connectivity index (χ1n) is 4.25. The number of hydrogen-bond acceptors (Lipinski definition) is 3. The summed E-state index contributed by atoms with van der Waals surface area (Å²) in [6.45, 7) is -0.521. The quantitative estimate of drug-likeness (QED) is 0.666. The van der Waals surface area contributed by atoms with Gasteiger partial charge in [-0.15, -0.1) is 0 Å². The van der Waals surface area contributed by atoms with Crippen molar-refractivity contribution in [3.63, 3.8) is 0 Å². The Morgan fingerprint density at radius 3 is 2.71 bits per heavy atom. The lowest BCUT2D eigenvalue weighted by atomic mass is 10.0. The van der Waals surface area contributed by atoms with Gasteiger partial charge in [0, 0.05) is 12.5 Å². The minimum Gasteiger partial charge on any atom is -0.467 e. The molecular formula is C8H12FNO4. The fourth-order valence-corrected chi connectivity index (χ4v) is 1.67. The number of hydrogen-bond donors (Lipinski definition) is 1. The highest BCUT2D eigenvalue weighted by Crippen LogP contribution is 2.25. The predicted octanol–water partition coefficient (Wildman–Crippen LogP) is 0.497. The standard InChI is InChI=1S/C8H12FNO4/c1-14-7(11)6-5(4-9)2-3-10(6)8(12)13/h5-6H,2-4H2,1H3,(H,12,13)/t5-,6+/m0/s1. The van der Waals surface area contributed by atoms with Crippen molar-refractivity contribution in [2.24, 2.45) is 5.92 Å². The molecule has 0 aromatic heterocycles. The third kappa shape index (κ3) is 1.78. The Kier molecular flexibility index (Phi) is 3.27. The Morgan fingerprint density at radius 1 is 1.64 bits per heavy atom. The zero-order valence-electron chi connectivity index (χ0n) is 7.77. The van der Waals surface area contributed by atoms with Gasteiger partial charge in [-0.2, -0.15) is 0 Å². The Hall–Kier alpha value is -1.33. The second-order valence-electron chi connectivity index (χ2n) is 3.15. The molecule has 0 unspecified atom stereocenters. The number of likely N-dealkylation sites (tertiary alicyclic amines) is 1. The van der Waals surface area contributed by atoms with Crippen LogP contribution in [0.15, 0.2) is 0 Å². The van der Waals surface area contributed by atoms with E-state index in [9.17, 15) is 14.0 Å². The molecule has 1 aliphatic rings. The number of carboxylic acid groups (broad SMARTS) is 1. The number of halogens is 1. The fourth-order valence-electron chi connectivity index (χ4n) is 1.67. The van der Waals surface area contributed by atoms with E-state index in [4.69, 9.17) is 5.11 Å². The molecule has 0 spiro atoms. The summed E-state index contributed by atoms with van der Waals surface area (Å²) in [5.74, 6) is -1.26. The van der Waals surface area contributed by atoms with Crippen LogP contribution in [0.5, 0.6) is 0 Å². The number of nitrogens with zero attached hydrogens (tertiary/aromatic N) is 1. The maximum absolute atomic E-state index is 12.5. The van der Waals surface area contributed by atoms with E-state index in [1.165, 1.54) is 0 Å². The lowest BCUT2D eigenvalue weighted by Crippen LogP contribution is -2.43. The maximum atomic E-state index is 12.5. The summed E-state index contributed by atoms with van der Waals surface area (Å²) < 4.78 is 16.9. The van der Waals surface area contributed by atoms with Crippen LogP contribution in [-0.4, -0.2) is 48.4 Å². The summed E-state index contributed by atoms with van der Waals surface area (Å²) >= 11 is 0. The Balaban J connectivity index is 2.80. The van der Waals surface area contributed by atoms with Gasteiger partial charge in [0.2, 0.25) is 0 Å². The number of esters is 1. The van der Waals surface area contributed by atoms with Gasteiger partial charge in [-0.25, -0.2) is 9.59 Å². The number of ether oxygens (including phenoxy) is 1. The summed E-state index contributed by atoms with van der Waals surface area (Å²) in [6, 6.07) is -0.984. The first kappa shape index (κ1) is 10.7. The van der Waals surface area contributed by atoms with Crippen LogP contribution in [0.1, 0.15) is 6.42 Å². The molecule has 0 radical (unpaired) electrons. The first-order chi connectivity index (χ1) is 6.61. The largest absolute Gasteiger partial charge is 0.467 e. The molecule has 5 nitrogen and oxygen atoms in total. The highest BCUT2D eigenvalue weighted by Gasteiger charge is 2.42. The minimum absolute atomic E-state index is 0.184. The van der Waals surface area contributed by atoms with Crippen LogP contribution < -0.4 is 0 Å². The number of alkyl halides is 1. The molecule has 1 amide bonds. The van der Waals surface area contributed by atoms with Gasteiger partial charge in [0.05, 0.1) is 13.8 Å². The lowest BCUT2D eigenvalue weighted by molar-refractivity contribution is -0.146. The fraction of sp³-hybridized carbons (Fsp3) is 0.750. The van der Waals surface area contributed by atoms with Crippen molar-refractivity contribution >= 4 is 12.1 Å². The zero-order chi connectivity index (χ0) is 10.7. The monoisotopic (exact) mass is 205 g/mol. The number of carbonyl (C=O) groups is 2. The van der Waals surface area contributed by atoms with Crippen LogP contribution in [0.4, 0.5) is 9.18 Å². The number of rotatable bonds is 2. The number of carbonyl (C=O) groups excluding carboxylic acids is 1. The van der Waals surface area contributed by atoms with Gasteiger partial charge in [-0.05, 0) is 6.42 Å². The molecule has 0 bridgehead atoms. The lowest BCUT2D eigenvalue weighted by Gasteiger charge is -2.21. The molecule has 0 saturated carbocycles. The van der Waals surface area contributed by atoms with Crippen molar-refractivity contribution < 1.29 is 23.8 Å². The van der Waals surface area contributed by atoms with Crippen molar-refractivity contribution in [1.82, 2.24) is 4.90 Å². The van der Waals surface area contributed by atoms with Gasteiger partial charge < -0.3 is 9.84 Å². The van der Waals surface area contributed by atoms with Gasteiger partial charge in [0.25, 0.3) is 0 Å². The van der Waals surface area contributed by atoms with E-state index >= 15 is 0 Å². The maximum Gasteiger partial charge on any atom is 0.408 e. The molecule has 1 saturated heterocycles. The second kappa shape index (κ2) is 4.26. The van der Waals surface area contributed by atoms with E-state index in [1.54, 1.807) is 0 Å². The van der Waals surface area contributed by atoms with Crippen LogP contribution in [0.3, 0.4) is 0 Å². The van der Waals surface area contributed by atoms with E-state index in [0.29, 0.717) is 6.42 Å². The van der Waals surface area contributed by atoms with Crippen LogP contribution in [-0.2, 0) is 9.53 Å². The van der Waals surface area contributed by atoms with E-state index in [1.807, 2.05) is 0 Å². The Labute approximate surface area is 80.4 Å². The van der Waals surface area contributed by atoms with Crippen molar-refractivity contribution in [2.45, 2.75) is 12.5 Å². The third-order valence-corrected chi connectivity index (χ3v) is 2.41. The molecule has 1 fully saturated rings. The molecule has 14 heavy (non-hydrogen) atoms. The van der Waals surface area contributed by atoms with Crippen molar-refractivity contribution in [2.75, 3.05) is 20.3 Å². The SMILES string of the molecule is COC(=O)[C@H]1[C@H](CF)CCN1C(=O)O. The molecule has 1 N–H and O–H groups in total. The normalized spacial score (nSPS) is 26.3. The Bertz CT molecular complexity index is 245. The van der Waals surface area contributed by atoms with Crippen LogP contribution in [0.2, 0.25) is 0 Å². The summed E-state index contributed by atoms with van der Waals surface area (Å²) in [7, 11) is 1.16. The average Bonchev–Trinajstić information content (AvgIpc) is 2.59. The molecule has 1 aliphatic heterocycles. The van der Waals surface area contributed by atoms with Gasteiger partial charge in [-0.3, -0.25) is 9.29 Å². The second-order valence-corrected chi connectivity index (χ2v) is 3.15. The van der Waals surface area contributed by atoms with Crippen LogP contribution >= 0.6 is 0 Å². The van der Waals surface area contributed by atoms with Crippen LogP contribution in [0.25, 0.3) is 0 Å². The molecular weight excluding hydrogens is 193 g/mol. The smallest absolute Gasteiger partial charge is 0.408 e. The minimum atomic E-state index is -1.21. The molecule has 6 heteroatoms. The summed E-state index contributed by atoms with van der Waals surface area (Å²) in [5, 5.41) is 8.74. The third-order valence-electron chi connectivity index (χ3n) is 2.41. The first-order valence-corrected chi connectivity index (χ1v) is 4.25. The summed E-state index contributed by atoms with van der Waals surface area (Å²) in [6.07, 6.45) is -0.848. The molecule has 0 aromatic carbocycles. The number of amides is 1. The van der Waals surface area contributed by atoms with Crippen molar-refractivity contribution in [3.8, 4) is 0 Å². The van der Waals surface area contributed by atoms with E-state index in [2.05, 4.69) is 4.74 Å². The molecule has 1 rings (SSSR count). The van der Waals surface area contributed by atoms with E-state index < -0.39 is 30.7 Å². The van der Waals surface area contributed by atoms with Crippen molar-refractivity contribution in [1.29, 1.82) is 0 Å². The molecule has 2 atom stereocenters. The van der Waals surface area contributed by atoms with E-state index in [0.717, 1.165) is 12.0 Å². The molecule has 80 valence electrons. The molecule has 0 aliphatic carbocycles. The van der Waals surface area contributed by atoms with Crippen molar-refractivity contribution in [3.05, 3.63) is 0 Å². The highest BCUT2D eigenvalue weighted by atomic mass is 19.1. The van der Waals surface area contributed by atoms with Gasteiger partial charge in [-0.1, -0.05) is 0 Å². The highest BCUT2D eigenvalue weighted by molar-refractivity contribution is 5.81. The average molecular weight is 205 g/mol. The zero-order valence-corrected chi connectivity index (χ0v) is 7.77. The summed E-state index contributed by atoms with van der Waals surface area (Å²) in [5.41, 5.74) is 0. The Morgan fingerprint density at radius 2 is 2.29 bits per heavy atom. The molecule has 0 aromatic rings. The summed E-state index contributed by atoms with van der Waals surface area (Å²) in [4.78, 5) is 22.8. The van der Waals surface area contributed by atoms with Crippen LogP contribution in [0, 0.1) is 5.92 Å². The molecule has 1 heterocycles. The van der Waals surface area contributed by atoms with Gasteiger partial charge >= 0.3 is 12.1 Å². The van der Waals surface area contributed by atoms with Gasteiger partial charge in [0.1, 0.15) is 6.04 Å². The topological polar surface area (TPSA) is 66.8 Å². The number of methoxy groups -OCH3 is 1. The van der Waals surface area contributed by atoms with Gasteiger partial charge in [0.15, 0.2) is 0 Å². The van der Waals surface area contributed by atoms with E-state index in [-0.39, 0.29) is 6.54 Å².